The van der Waals surface area contributed by atoms with Gasteiger partial charge in [0.25, 0.3) is 0 Å². The quantitative estimate of drug-likeness (QED) is 0.715. The number of hydrogen-bond donors (Lipinski definition) is 3. The highest BCUT2D eigenvalue weighted by Crippen LogP contribution is 2.20. The summed E-state index contributed by atoms with van der Waals surface area (Å²) in [5.74, 6) is 0.663. The van der Waals surface area contributed by atoms with Crippen LogP contribution in [0.3, 0.4) is 0 Å². The van der Waals surface area contributed by atoms with Gasteiger partial charge in [0.2, 0.25) is 0 Å². The molecule has 0 saturated carbocycles. The Morgan fingerprint density at radius 1 is 1.35 bits per heavy atom. The van der Waals surface area contributed by atoms with Crippen LogP contribution in [0.4, 0.5) is 5.82 Å². The van der Waals surface area contributed by atoms with Crippen molar-refractivity contribution in [1.82, 2.24) is 4.98 Å². The molecule has 1 atom stereocenters. The monoisotopic (exact) mass is 276 g/mol. The van der Waals surface area contributed by atoms with E-state index in [1.807, 2.05) is 30.3 Å². The number of benzene rings is 1. The van der Waals surface area contributed by atoms with E-state index in [1.54, 1.807) is 7.11 Å². The predicted octanol–water partition coefficient (Wildman–Crippen LogP) is 1.54. The van der Waals surface area contributed by atoms with E-state index in [9.17, 15) is 10.2 Å². The van der Waals surface area contributed by atoms with Gasteiger partial charge in [0.15, 0.2) is 0 Å². The minimum atomic E-state index is -0.495. The van der Waals surface area contributed by atoms with E-state index < -0.39 is 6.10 Å². The number of hydrogen-bond acceptors (Lipinski definition) is 5. The average molecular weight is 276 g/mol. The maximum Gasteiger partial charge on any atom is 0.132 e. The van der Waals surface area contributed by atoms with Crippen LogP contribution in [0.5, 0.6) is 0 Å². The van der Waals surface area contributed by atoms with Crippen molar-refractivity contribution in [2.45, 2.75) is 19.1 Å². The van der Waals surface area contributed by atoms with E-state index >= 15 is 0 Å². The number of rotatable bonds is 7. The van der Waals surface area contributed by atoms with E-state index in [-0.39, 0.29) is 6.61 Å². The summed E-state index contributed by atoms with van der Waals surface area (Å²) < 4.78 is 4.88. The van der Waals surface area contributed by atoms with Crippen LogP contribution in [0.1, 0.15) is 12.0 Å². The lowest BCUT2D eigenvalue weighted by Gasteiger charge is -2.13. The SMILES string of the molecule is COCC(O)CCNc1nc2ccccc2cc1CO. The first kappa shape index (κ1) is 14.7. The molecular weight excluding hydrogens is 256 g/mol. The molecule has 5 heteroatoms. The third-order valence-electron chi connectivity index (χ3n) is 3.10. The number of para-hydroxylation sites is 1. The third-order valence-corrected chi connectivity index (χ3v) is 3.10. The summed E-state index contributed by atoms with van der Waals surface area (Å²) in [6.07, 6.45) is 0.0678. The van der Waals surface area contributed by atoms with Gasteiger partial charge in [-0.3, -0.25) is 0 Å². The number of nitrogens with one attached hydrogen (secondary N) is 1. The lowest BCUT2D eigenvalue weighted by atomic mass is 10.1. The molecule has 0 aliphatic carbocycles. The Morgan fingerprint density at radius 3 is 2.90 bits per heavy atom. The summed E-state index contributed by atoms with van der Waals surface area (Å²) in [6.45, 7) is 0.823. The Hall–Kier alpha value is -1.69. The molecule has 2 aromatic rings. The van der Waals surface area contributed by atoms with Crippen LogP contribution in [0.2, 0.25) is 0 Å². The summed E-state index contributed by atoms with van der Waals surface area (Å²) in [5.41, 5.74) is 1.63. The molecule has 108 valence electrons. The highest BCUT2D eigenvalue weighted by Gasteiger charge is 2.07. The van der Waals surface area contributed by atoms with Crippen molar-refractivity contribution >= 4 is 16.7 Å². The van der Waals surface area contributed by atoms with Crippen LogP contribution < -0.4 is 5.32 Å². The number of fused-ring (bicyclic) bond motifs is 1. The van der Waals surface area contributed by atoms with Gasteiger partial charge in [0.05, 0.1) is 24.8 Å². The van der Waals surface area contributed by atoms with E-state index in [1.165, 1.54) is 0 Å². The molecule has 0 bridgehead atoms. The number of ether oxygens (including phenoxy) is 1. The minimum Gasteiger partial charge on any atom is -0.392 e. The average Bonchev–Trinajstić information content (AvgIpc) is 2.46. The zero-order valence-corrected chi connectivity index (χ0v) is 11.5. The predicted molar refractivity (Wildman–Crippen MR) is 78.7 cm³/mol. The Balaban J connectivity index is 2.08. The standard InChI is InChI=1S/C15H20N2O3/c1-20-10-13(19)6-7-16-15-12(9-18)8-11-4-2-3-5-14(11)17-15/h2-5,8,13,18-19H,6-7,9-10H2,1H3,(H,16,17). The summed E-state index contributed by atoms with van der Waals surface area (Å²) >= 11 is 0. The molecule has 0 saturated heterocycles. The first-order valence-corrected chi connectivity index (χ1v) is 6.65. The smallest absolute Gasteiger partial charge is 0.132 e. The van der Waals surface area contributed by atoms with Gasteiger partial charge in [-0.1, -0.05) is 18.2 Å². The van der Waals surface area contributed by atoms with Crippen molar-refractivity contribution in [3.8, 4) is 0 Å². The van der Waals surface area contributed by atoms with Gasteiger partial charge in [-0.05, 0) is 18.6 Å². The lowest BCUT2D eigenvalue weighted by Crippen LogP contribution is -2.19. The van der Waals surface area contributed by atoms with E-state index in [0.717, 1.165) is 16.5 Å². The molecule has 3 N–H and O–H groups in total. The van der Waals surface area contributed by atoms with Gasteiger partial charge in [-0.2, -0.15) is 0 Å². The van der Waals surface area contributed by atoms with Gasteiger partial charge in [0, 0.05) is 24.6 Å². The van der Waals surface area contributed by atoms with Gasteiger partial charge < -0.3 is 20.3 Å². The fourth-order valence-electron chi connectivity index (χ4n) is 2.07. The van der Waals surface area contributed by atoms with Crippen molar-refractivity contribution in [2.24, 2.45) is 0 Å². The Labute approximate surface area is 118 Å². The second kappa shape index (κ2) is 7.19. The molecule has 1 heterocycles. The molecule has 0 amide bonds. The van der Waals surface area contributed by atoms with Crippen molar-refractivity contribution in [2.75, 3.05) is 25.6 Å². The van der Waals surface area contributed by atoms with Crippen LogP contribution in [0.15, 0.2) is 30.3 Å². The molecule has 0 fully saturated rings. The molecular formula is C15H20N2O3. The molecule has 0 aliphatic rings. The van der Waals surface area contributed by atoms with Gasteiger partial charge in [0.1, 0.15) is 5.82 Å². The second-order valence-electron chi connectivity index (χ2n) is 4.67. The minimum absolute atomic E-state index is 0.0687. The van der Waals surface area contributed by atoms with Crippen LogP contribution in [0.25, 0.3) is 10.9 Å². The van der Waals surface area contributed by atoms with Crippen LogP contribution in [0, 0.1) is 0 Å². The number of aliphatic hydroxyl groups excluding tert-OH is 2. The van der Waals surface area contributed by atoms with Crippen LogP contribution in [-0.2, 0) is 11.3 Å². The Kier molecular flexibility index (Phi) is 5.29. The highest BCUT2D eigenvalue weighted by atomic mass is 16.5. The van der Waals surface area contributed by atoms with Crippen molar-refractivity contribution in [3.05, 3.63) is 35.9 Å². The maximum atomic E-state index is 9.59. The first-order chi connectivity index (χ1) is 9.74. The number of aromatic nitrogens is 1. The number of anilines is 1. The van der Waals surface area contributed by atoms with Gasteiger partial charge >= 0.3 is 0 Å². The van der Waals surface area contributed by atoms with Crippen LogP contribution >= 0.6 is 0 Å². The van der Waals surface area contributed by atoms with E-state index in [2.05, 4.69) is 10.3 Å². The van der Waals surface area contributed by atoms with Crippen molar-refractivity contribution < 1.29 is 14.9 Å². The summed E-state index contributed by atoms with van der Waals surface area (Å²) in [4.78, 5) is 4.50. The topological polar surface area (TPSA) is 74.6 Å². The molecule has 20 heavy (non-hydrogen) atoms. The molecule has 0 radical (unpaired) electrons. The molecule has 1 unspecified atom stereocenters. The summed E-state index contributed by atoms with van der Waals surface area (Å²) in [7, 11) is 1.56. The highest BCUT2D eigenvalue weighted by molar-refractivity contribution is 5.81. The summed E-state index contributed by atoms with van der Waals surface area (Å²) in [6, 6.07) is 9.70. The maximum absolute atomic E-state index is 9.59. The van der Waals surface area contributed by atoms with E-state index in [4.69, 9.17) is 4.74 Å². The molecule has 5 nitrogen and oxygen atoms in total. The number of aliphatic hydroxyl groups is 2. The number of methoxy groups -OCH3 is 1. The lowest BCUT2D eigenvalue weighted by molar-refractivity contribution is 0.0615. The fourth-order valence-corrected chi connectivity index (χ4v) is 2.07. The normalized spacial score (nSPS) is 12.6. The molecule has 1 aromatic heterocycles. The molecule has 2 rings (SSSR count). The first-order valence-electron chi connectivity index (χ1n) is 6.65. The Bertz CT molecular complexity index is 560. The zero-order valence-electron chi connectivity index (χ0n) is 11.5. The van der Waals surface area contributed by atoms with E-state index in [0.29, 0.717) is 25.4 Å². The van der Waals surface area contributed by atoms with Crippen LogP contribution in [-0.4, -0.2) is 41.6 Å². The fraction of sp³-hybridized carbons (Fsp3) is 0.400. The van der Waals surface area contributed by atoms with Gasteiger partial charge in [-0.25, -0.2) is 4.98 Å². The summed E-state index contributed by atoms with van der Waals surface area (Å²) in [5, 5.41) is 23.2. The van der Waals surface area contributed by atoms with Gasteiger partial charge in [-0.15, -0.1) is 0 Å². The van der Waals surface area contributed by atoms with Crippen molar-refractivity contribution in [3.63, 3.8) is 0 Å². The van der Waals surface area contributed by atoms with Crippen molar-refractivity contribution in [1.29, 1.82) is 0 Å². The number of nitrogens with zero attached hydrogens (tertiary/aromatic N) is 1. The molecule has 0 aliphatic heterocycles. The number of pyridine rings is 1. The zero-order chi connectivity index (χ0) is 14.4. The molecule has 0 spiro atoms. The second-order valence-corrected chi connectivity index (χ2v) is 4.67. The third kappa shape index (κ3) is 3.66. The largest absolute Gasteiger partial charge is 0.392 e. The Morgan fingerprint density at radius 2 is 2.15 bits per heavy atom. The molecule has 1 aromatic carbocycles.